The van der Waals surface area contributed by atoms with E-state index >= 15 is 0 Å². The Balaban J connectivity index is 1.74. The minimum atomic E-state index is -0.181. The van der Waals surface area contributed by atoms with E-state index < -0.39 is 0 Å². The van der Waals surface area contributed by atoms with E-state index in [1.165, 1.54) is 32.7 Å². The molecule has 32 heavy (non-hydrogen) atoms. The molecule has 0 radical (unpaired) electrons. The number of rotatable bonds is 8. The maximum Gasteiger partial charge on any atom is 0.260 e. The fourth-order valence-corrected chi connectivity index (χ4v) is 4.50. The number of hydrogen-bond donors (Lipinski definition) is 0. The number of anilines is 1. The Morgan fingerprint density at radius 1 is 0.906 bits per heavy atom. The minimum Gasteiger partial charge on any atom is -0.493 e. The molecule has 1 heterocycles. The molecule has 164 valence electrons. The maximum absolute atomic E-state index is 13.7. The SMILES string of the molecule is COc1cc(C(=O)N(CCc2ccccc2)c2nc3ccccc3s2)cc(OC)c1OC. The highest BCUT2D eigenvalue weighted by atomic mass is 32.1. The van der Waals surface area contributed by atoms with Gasteiger partial charge in [0.15, 0.2) is 16.6 Å². The first-order valence-corrected chi connectivity index (χ1v) is 11.0. The van der Waals surface area contributed by atoms with Gasteiger partial charge in [0.2, 0.25) is 5.75 Å². The summed E-state index contributed by atoms with van der Waals surface area (Å²) in [6.07, 6.45) is 0.701. The molecule has 0 aliphatic carbocycles. The molecule has 0 aliphatic heterocycles. The van der Waals surface area contributed by atoms with Crippen LogP contribution in [-0.4, -0.2) is 38.8 Å². The molecule has 0 saturated carbocycles. The average molecular weight is 449 g/mol. The Labute approximate surface area is 191 Å². The van der Waals surface area contributed by atoms with E-state index in [-0.39, 0.29) is 5.91 Å². The Morgan fingerprint density at radius 3 is 2.19 bits per heavy atom. The van der Waals surface area contributed by atoms with Crippen molar-refractivity contribution in [3.8, 4) is 17.2 Å². The summed E-state index contributed by atoms with van der Waals surface area (Å²) in [7, 11) is 4.60. The van der Waals surface area contributed by atoms with Crippen LogP contribution in [0.4, 0.5) is 5.13 Å². The Bertz CT molecular complexity index is 1170. The molecular weight excluding hydrogens is 424 g/mol. The summed E-state index contributed by atoms with van der Waals surface area (Å²) in [5.41, 5.74) is 2.46. The van der Waals surface area contributed by atoms with Crippen molar-refractivity contribution in [2.75, 3.05) is 32.8 Å². The molecule has 4 aromatic rings. The number of methoxy groups -OCH3 is 3. The molecule has 4 rings (SSSR count). The molecule has 0 N–H and O–H groups in total. The molecule has 0 spiro atoms. The number of hydrogen-bond acceptors (Lipinski definition) is 6. The minimum absolute atomic E-state index is 0.181. The molecule has 7 heteroatoms. The zero-order chi connectivity index (χ0) is 22.5. The molecule has 1 aromatic heterocycles. The second-order valence-corrected chi connectivity index (χ2v) is 8.08. The van der Waals surface area contributed by atoms with Crippen molar-refractivity contribution in [2.24, 2.45) is 0 Å². The van der Waals surface area contributed by atoms with Crippen LogP contribution >= 0.6 is 11.3 Å². The summed E-state index contributed by atoms with van der Waals surface area (Å²) in [6, 6.07) is 21.3. The first-order valence-electron chi connectivity index (χ1n) is 10.2. The third kappa shape index (κ3) is 4.38. The molecule has 0 atom stereocenters. The molecule has 0 bridgehead atoms. The molecule has 0 aliphatic rings. The maximum atomic E-state index is 13.7. The van der Waals surface area contributed by atoms with Gasteiger partial charge in [0.1, 0.15) is 0 Å². The molecule has 3 aromatic carbocycles. The average Bonchev–Trinajstić information content (AvgIpc) is 3.27. The fraction of sp³-hybridized carbons (Fsp3) is 0.200. The number of benzene rings is 3. The Hall–Kier alpha value is -3.58. The largest absolute Gasteiger partial charge is 0.493 e. The van der Waals surface area contributed by atoms with E-state index in [0.717, 1.165) is 15.8 Å². The standard InChI is InChI=1S/C25H24N2O4S/c1-29-20-15-18(16-21(30-2)23(20)31-3)24(28)27(14-13-17-9-5-4-6-10-17)25-26-19-11-7-8-12-22(19)32-25/h4-12,15-16H,13-14H2,1-3H3. The zero-order valence-electron chi connectivity index (χ0n) is 18.2. The number of fused-ring (bicyclic) bond motifs is 1. The fourth-order valence-electron chi connectivity index (χ4n) is 3.51. The lowest BCUT2D eigenvalue weighted by Crippen LogP contribution is -2.33. The van der Waals surface area contributed by atoms with E-state index in [1.54, 1.807) is 17.0 Å². The number of thiazole rings is 1. The van der Waals surface area contributed by atoms with Crippen LogP contribution in [0.15, 0.2) is 66.7 Å². The van der Waals surface area contributed by atoms with Gasteiger partial charge in [-0.3, -0.25) is 9.69 Å². The highest BCUT2D eigenvalue weighted by Crippen LogP contribution is 2.39. The molecule has 6 nitrogen and oxygen atoms in total. The second-order valence-electron chi connectivity index (χ2n) is 7.07. The highest BCUT2D eigenvalue weighted by molar-refractivity contribution is 7.22. The summed E-state index contributed by atoms with van der Waals surface area (Å²) in [5.74, 6) is 1.13. The highest BCUT2D eigenvalue weighted by Gasteiger charge is 2.24. The second kappa shape index (κ2) is 9.70. The van der Waals surface area contributed by atoms with Gasteiger partial charge in [-0.15, -0.1) is 0 Å². The summed E-state index contributed by atoms with van der Waals surface area (Å²) in [6.45, 7) is 0.485. The van der Waals surface area contributed by atoms with Crippen LogP contribution in [-0.2, 0) is 6.42 Å². The summed E-state index contributed by atoms with van der Waals surface area (Å²) in [5, 5.41) is 0.654. The van der Waals surface area contributed by atoms with Crippen LogP contribution in [0.2, 0.25) is 0 Å². The third-order valence-electron chi connectivity index (χ3n) is 5.14. The molecular formula is C25H24N2O4S. The number of para-hydroxylation sites is 1. The van der Waals surface area contributed by atoms with Crippen LogP contribution in [0.5, 0.6) is 17.2 Å². The molecule has 1 amide bonds. The molecule has 0 fully saturated rings. The van der Waals surface area contributed by atoms with Crippen LogP contribution in [0.1, 0.15) is 15.9 Å². The Morgan fingerprint density at radius 2 is 1.56 bits per heavy atom. The van der Waals surface area contributed by atoms with E-state index in [9.17, 15) is 4.79 Å². The van der Waals surface area contributed by atoms with E-state index in [2.05, 4.69) is 12.1 Å². The van der Waals surface area contributed by atoms with Crippen LogP contribution in [0, 0.1) is 0 Å². The quantitative estimate of drug-likeness (QED) is 0.370. The lowest BCUT2D eigenvalue weighted by Gasteiger charge is -2.21. The smallest absolute Gasteiger partial charge is 0.260 e. The number of amides is 1. The van der Waals surface area contributed by atoms with Crippen molar-refractivity contribution >= 4 is 32.6 Å². The van der Waals surface area contributed by atoms with Crippen molar-refractivity contribution in [3.63, 3.8) is 0 Å². The van der Waals surface area contributed by atoms with Gasteiger partial charge >= 0.3 is 0 Å². The summed E-state index contributed by atoms with van der Waals surface area (Å²) < 4.78 is 17.3. The van der Waals surface area contributed by atoms with Gasteiger partial charge < -0.3 is 14.2 Å². The Kier molecular flexibility index (Phi) is 6.56. The van der Waals surface area contributed by atoms with Crippen molar-refractivity contribution in [1.82, 2.24) is 4.98 Å². The first kappa shape index (κ1) is 21.6. The number of carbonyl (C=O) groups excluding carboxylic acids is 1. The van der Waals surface area contributed by atoms with Crippen LogP contribution in [0.25, 0.3) is 10.2 Å². The summed E-state index contributed by atoms with van der Waals surface area (Å²) in [4.78, 5) is 20.2. The third-order valence-corrected chi connectivity index (χ3v) is 6.20. The topological polar surface area (TPSA) is 60.9 Å². The predicted octanol–water partition coefficient (Wildman–Crippen LogP) is 5.21. The summed E-state index contributed by atoms with van der Waals surface area (Å²) >= 11 is 1.50. The van der Waals surface area contributed by atoms with Gasteiger partial charge in [-0.2, -0.15) is 0 Å². The van der Waals surface area contributed by atoms with Crippen LogP contribution < -0.4 is 19.1 Å². The van der Waals surface area contributed by atoms with Gasteiger partial charge in [-0.25, -0.2) is 4.98 Å². The normalized spacial score (nSPS) is 10.7. The van der Waals surface area contributed by atoms with Crippen molar-refractivity contribution in [3.05, 3.63) is 77.9 Å². The van der Waals surface area contributed by atoms with Gasteiger partial charge in [-0.1, -0.05) is 53.8 Å². The van der Waals surface area contributed by atoms with Gasteiger partial charge in [0.05, 0.1) is 31.5 Å². The number of aromatic nitrogens is 1. The van der Waals surface area contributed by atoms with E-state index in [4.69, 9.17) is 19.2 Å². The van der Waals surface area contributed by atoms with E-state index in [1.807, 2.05) is 42.5 Å². The first-order chi connectivity index (χ1) is 15.6. The lowest BCUT2D eigenvalue weighted by molar-refractivity contribution is 0.0986. The molecule has 0 unspecified atom stereocenters. The van der Waals surface area contributed by atoms with Gasteiger partial charge in [-0.05, 0) is 36.2 Å². The molecule has 0 saturated heterocycles. The van der Waals surface area contributed by atoms with Crippen molar-refractivity contribution < 1.29 is 19.0 Å². The number of ether oxygens (including phenoxy) is 3. The van der Waals surface area contributed by atoms with Crippen LogP contribution in [0.3, 0.4) is 0 Å². The van der Waals surface area contributed by atoms with Crippen molar-refractivity contribution in [1.29, 1.82) is 0 Å². The number of carbonyl (C=O) groups is 1. The van der Waals surface area contributed by atoms with Crippen molar-refractivity contribution in [2.45, 2.75) is 6.42 Å². The van der Waals surface area contributed by atoms with E-state index in [0.29, 0.717) is 40.9 Å². The number of nitrogens with zero attached hydrogens (tertiary/aromatic N) is 2. The van der Waals surface area contributed by atoms with Gasteiger partial charge in [0.25, 0.3) is 5.91 Å². The zero-order valence-corrected chi connectivity index (χ0v) is 19.0. The lowest BCUT2D eigenvalue weighted by atomic mass is 10.1. The van der Waals surface area contributed by atoms with Gasteiger partial charge in [0, 0.05) is 12.1 Å². The predicted molar refractivity (Wildman–Crippen MR) is 128 cm³/mol. The monoisotopic (exact) mass is 448 g/mol.